The van der Waals surface area contributed by atoms with Crippen LogP contribution in [0.3, 0.4) is 0 Å². The smallest absolute Gasteiger partial charge is 0.421 e. The Hall–Kier alpha value is -2.30. The lowest BCUT2D eigenvalue weighted by atomic mass is 10.0. The number of hydrazine groups is 1. The van der Waals surface area contributed by atoms with Gasteiger partial charge in [-0.25, -0.2) is 10.2 Å². The van der Waals surface area contributed by atoms with Crippen molar-refractivity contribution in [2.24, 2.45) is 5.92 Å². The molecule has 0 aliphatic heterocycles. The molecule has 0 aromatic heterocycles. The highest BCUT2D eigenvalue weighted by Gasteiger charge is 2.11. The predicted octanol–water partition coefficient (Wildman–Crippen LogP) is 4.81. The number of ether oxygens (including phenoxy) is 1. The van der Waals surface area contributed by atoms with Gasteiger partial charge in [0.25, 0.3) is 0 Å². The van der Waals surface area contributed by atoms with Gasteiger partial charge in [0.05, 0.1) is 0 Å². The van der Waals surface area contributed by atoms with Gasteiger partial charge in [0.2, 0.25) is 0 Å². The van der Waals surface area contributed by atoms with Crippen molar-refractivity contribution >= 4 is 23.8 Å². The quantitative estimate of drug-likeness (QED) is 0.698. The van der Waals surface area contributed by atoms with Crippen LogP contribution in [0.15, 0.2) is 60.7 Å². The van der Waals surface area contributed by atoms with Crippen molar-refractivity contribution in [1.82, 2.24) is 10.9 Å². The van der Waals surface area contributed by atoms with E-state index in [1.54, 1.807) is 0 Å². The van der Waals surface area contributed by atoms with E-state index in [2.05, 4.69) is 24.7 Å². The van der Waals surface area contributed by atoms with Gasteiger partial charge in [-0.05, 0) is 29.2 Å². The average molecular weight is 359 g/mol. The minimum Gasteiger partial charge on any atom is -0.444 e. The zero-order chi connectivity index (χ0) is 18.1. The molecule has 132 valence electrons. The van der Waals surface area contributed by atoms with Gasteiger partial charge < -0.3 is 4.74 Å². The summed E-state index contributed by atoms with van der Waals surface area (Å²) in [6, 6.07) is 17.1. The molecule has 0 aliphatic carbocycles. The molecule has 0 radical (unpaired) electrons. The molecular formula is C20H23ClN2O2. The van der Waals surface area contributed by atoms with Crippen LogP contribution in [0.4, 0.5) is 4.79 Å². The molecule has 2 N–H and O–H groups in total. The van der Waals surface area contributed by atoms with Gasteiger partial charge in [0, 0.05) is 11.1 Å². The van der Waals surface area contributed by atoms with Crippen molar-refractivity contribution in [3.8, 4) is 0 Å². The molecular weight excluding hydrogens is 336 g/mol. The largest absolute Gasteiger partial charge is 0.444 e. The van der Waals surface area contributed by atoms with E-state index in [0.717, 1.165) is 11.1 Å². The van der Waals surface area contributed by atoms with Crippen molar-refractivity contribution in [2.45, 2.75) is 26.5 Å². The molecule has 1 atom stereocenters. The summed E-state index contributed by atoms with van der Waals surface area (Å²) in [4.78, 5) is 11.8. The third kappa shape index (κ3) is 6.99. The number of hydrogen-bond donors (Lipinski definition) is 2. The molecule has 0 spiro atoms. The number of benzene rings is 2. The molecule has 0 bridgehead atoms. The summed E-state index contributed by atoms with van der Waals surface area (Å²) < 4.78 is 5.18. The molecule has 0 saturated carbocycles. The van der Waals surface area contributed by atoms with Crippen LogP contribution in [0.25, 0.3) is 6.08 Å². The van der Waals surface area contributed by atoms with Crippen molar-refractivity contribution in [3.63, 3.8) is 0 Å². The minimum atomic E-state index is -0.505. The summed E-state index contributed by atoms with van der Waals surface area (Å²) in [6.45, 7) is 4.38. The monoisotopic (exact) mass is 358 g/mol. The number of halogens is 1. The van der Waals surface area contributed by atoms with E-state index in [0.29, 0.717) is 5.02 Å². The first-order valence-corrected chi connectivity index (χ1v) is 8.58. The maximum Gasteiger partial charge on any atom is 0.421 e. The van der Waals surface area contributed by atoms with Crippen LogP contribution in [0.2, 0.25) is 5.02 Å². The molecule has 0 heterocycles. The lowest BCUT2D eigenvalue weighted by Gasteiger charge is -2.19. The summed E-state index contributed by atoms with van der Waals surface area (Å²) in [5.74, 6) is 0.290. The zero-order valence-corrected chi connectivity index (χ0v) is 15.2. The van der Waals surface area contributed by atoms with Crippen LogP contribution < -0.4 is 10.9 Å². The molecule has 2 aromatic rings. The van der Waals surface area contributed by atoms with Crippen molar-refractivity contribution in [1.29, 1.82) is 0 Å². The number of amides is 1. The molecule has 5 heteroatoms. The fraction of sp³-hybridized carbons (Fsp3) is 0.250. The number of nitrogens with one attached hydrogen (secondary N) is 2. The lowest BCUT2D eigenvalue weighted by Crippen LogP contribution is -2.45. The summed E-state index contributed by atoms with van der Waals surface area (Å²) in [7, 11) is 0. The van der Waals surface area contributed by atoms with Gasteiger partial charge in [-0.15, -0.1) is 0 Å². The summed E-state index contributed by atoms with van der Waals surface area (Å²) in [5.41, 5.74) is 7.59. The predicted molar refractivity (Wildman–Crippen MR) is 102 cm³/mol. The fourth-order valence-electron chi connectivity index (χ4n) is 2.13. The summed E-state index contributed by atoms with van der Waals surface area (Å²) >= 11 is 5.89. The minimum absolute atomic E-state index is 0.0278. The van der Waals surface area contributed by atoms with E-state index in [1.165, 1.54) is 0 Å². The highest BCUT2D eigenvalue weighted by Crippen LogP contribution is 2.12. The molecule has 0 saturated heterocycles. The van der Waals surface area contributed by atoms with Gasteiger partial charge in [-0.2, -0.15) is 0 Å². The Morgan fingerprint density at radius 3 is 2.44 bits per heavy atom. The second-order valence-corrected chi connectivity index (χ2v) is 6.45. The molecule has 0 unspecified atom stereocenters. The van der Waals surface area contributed by atoms with E-state index < -0.39 is 6.09 Å². The van der Waals surface area contributed by atoms with Gasteiger partial charge in [-0.3, -0.25) is 5.43 Å². The van der Waals surface area contributed by atoms with E-state index >= 15 is 0 Å². The van der Waals surface area contributed by atoms with Crippen LogP contribution in [-0.2, 0) is 11.3 Å². The number of rotatable bonds is 7. The SMILES string of the molecule is CC(C)[C@H](/C=C/c1ccc(Cl)cc1)NNC(=O)OCc1ccccc1. The molecule has 2 aromatic carbocycles. The lowest BCUT2D eigenvalue weighted by molar-refractivity contribution is 0.132. The van der Waals surface area contributed by atoms with E-state index in [9.17, 15) is 4.79 Å². The molecule has 1 amide bonds. The Morgan fingerprint density at radius 2 is 1.80 bits per heavy atom. The topological polar surface area (TPSA) is 50.4 Å². The molecule has 2 rings (SSSR count). The van der Waals surface area contributed by atoms with Crippen LogP contribution in [0.5, 0.6) is 0 Å². The highest BCUT2D eigenvalue weighted by atomic mass is 35.5. The third-order valence-electron chi connectivity index (χ3n) is 3.64. The Morgan fingerprint density at radius 1 is 1.12 bits per heavy atom. The van der Waals surface area contributed by atoms with Crippen LogP contribution in [0, 0.1) is 5.92 Å². The molecule has 25 heavy (non-hydrogen) atoms. The van der Waals surface area contributed by atoms with Gasteiger partial charge in [-0.1, -0.05) is 80.1 Å². The fourth-order valence-corrected chi connectivity index (χ4v) is 2.25. The molecule has 0 fully saturated rings. The second kappa shape index (κ2) is 9.87. The van der Waals surface area contributed by atoms with Crippen LogP contribution in [-0.4, -0.2) is 12.1 Å². The normalized spacial score (nSPS) is 12.3. The van der Waals surface area contributed by atoms with Crippen molar-refractivity contribution in [3.05, 3.63) is 76.8 Å². The van der Waals surface area contributed by atoms with E-state index in [4.69, 9.17) is 16.3 Å². The molecule has 0 aliphatic rings. The van der Waals surface area contributed by atoms with Crippen LogP contribution in [0.1, 0.15) is 25.0 Å². The standard InChI is InChI=1S/C20H23ClN2O2/c1-15(2)19(13-10-16-8-11-18(21)12-9-16)22-23-20(24)25-14-17-6-4-3-5-7-17/h3-13,15,19,22H,14H2,1-2H3,(H,23,24)/b13-10+/t19-/m0/s1. The maximum atomic E-state index is 11.8. The Labute approximate surface area is 153 Å². The summed E-state index contributed by atoms with van der Waals surface area (Å²) in [6.07, 6.45) is 3.49. The third-order valence-corrected chi connectivity index (χ3v) is 3.89. The Bertz CT molecular complexity index is 685. The van der Waals surface area contributed by atoms with E-state index in [-0.39, 0.29) is 18.6 Å². The Kier molecular flexibility index (Phi) is 7.51. The van der Waals surface area contributed by atoms with Gasteiger partial charge in [0.15, 0.2) is 0 Å². The first kappa shape index (κ1) is 19.0. The Balaban J connectivity index is 1.82. The number of carbonyl (C=O) groups is 1. The van der Waals surface area contributed by atoms with Gasteiger partial charge >= 0.3 is 6.09 Å². The first-order valence-electron chi connectivity index (χ1n) is 8.20. The maximum absolute atomic E-state index is 11.8. The average Bonchev–Trinajstić information content (AvgIpc) is 2.62. The summed E-state index contributed by atoms with van der Waals surface area (Å²) in [5, 5.41) is 0.707. The molecule has 4 nitrogen and oxygen atoms in total. The van der Waals surface area contributed by atoms with Crippen LogP contribution >= 0.6 is 11.6 Å². The highest BCUT2D eigenvalue weighted by molar-refractivity contribution is 6.30. The van der Waals surface area contributed by atoms with Crippen molar-refractivity contribution < 1.29 is 9.53 Å². The number of carbonyl (C=O) groups excluding carboxylic acids is 1. The second-order valence-electron chi connectivity index (χ2n) is 6.01. The zero-order valence-electron chi connectivity index (χ0n) is 14.4. The van der Waals surface area contributed by atoms with Gasteiger partial charge in [0.1, 0.15) is 6.61 Å². The first-order chi connectivity index (χ1) is 12.0. The van der Waals surface area contributed by atoms with Crippen molar-refractivity contribution in [2.75, 3.05) is 0 Å². The van der Waals surface area contributed by atoms with E-state index in [1.807, 2.05) is 66.7 Å². The number of hydrogen-bond acceptors (Lipinski definition) is 3.